The lowest BCUT2D eigenvalue weighted by atomic mass is 9.49. The van der Waals surface area contributed by atoms with Crippen LogP contribution in [0, 0.1) is 27.9 Å². The number of ether oxygens (including phenoxy) is 1. The molecule has 2 heterocycles. The minimum absolute atomic E-state index is 0.328. The average molecular weight is 334 g/mol. The smallest absolute Gasteiger partial charge is 0.195 e. The lowest BCUT2D eigenvalue weighted by Crippen LogP contribution is -2.47. The number of nitrogens with zero attached hydrogens (tertiary/aromatic N) is 2. The van der Waals surface area contributed by atoms with Crippen molar-refractivity contribution < 1.29 is 4.74 Å². The Hall–Kier alpha value is -0.680. The minimum atomic E-state index is 0.328. The molecule has 126 valence electrons. The zero-order valence-corrected chi connectivity index (χ0v) is 14.6. The fourth-order valence-corrected chi connectivity index (χ4v) is 6.73. The van der Waals surface area contributed by atoms with Gasteiger partial charge in [0.25, 0.3) is 0 Å². The first-order valence-corrected chi connectivity index (χ1v) is 9.86. The number of H-pyrrole nitrogens is 1. The standard InChI is InChI=1S/C18H27N3OS/c23-17-20-19-16(21(17)11-15-2-1-3-22-15)10-18-7-12-4-13(8-18)6-14(5-12)9-18/h12-15H,1-11H2,(H,20,23)/t12?,13?,14?,15-,18?/m1/s1. The summed E-state index contributed by atoms with van der Waals surface area (Å²) in [6, 6.07) is 0. The molecule has 5 heteroatoms. The van der Waals surface area contributed by atoms with Crippen LogP contribution in [0.4, 0.5) is 0 Å². The maximum atomic E-state index is 5.82. The zero-order valence-electron chi connectivity index (χ0n) is 13.8. The van der Waals surface area contributed by atoms with Gasteiger partial charge in [0.05, 0.1) is 12.6 Å². The quantitative estimate of drug-likeness (QED) is 0.850. The normalized spacial score (nSPS) is 41.7. The van der Waals surface area contributed by atoms with E-state index in [9.17, 15) is 0 Å². The van der Waals surface area contributed by atoms with Crippen LogP contribution in [0.5, 0.6) is 0 Å². The molecule has 5 fully saturated rings. The predicted molar refractivity (Wildman–Crippen MR) is 90.7 cm³/mol. The highest BCUT2D eigenvalue weighted by Gasteiger charge is 2.51. The summed E-state index contributed by atoms with van der Waals surface area (Å²) in [5.41, 5.74) is 0.518. The van der Waals surface area contributed by atoms with Gasteiger partial charge in [0, 0.05) is 13.0 Å². The van der Waals surface area contributed by atoms with Crippen molar-refractivity contribution in [1.82, 2.24) is 14.8 Å². The van der Waals surface area contributed by atoms with E-state index in [0.29, 0.717) is 11.5 Å². The number of hydrogen-bond donors (Lipinski definition) is 1. The molecule has 0 unspecified atom stereocenters. The van der Waals surface area contributed by atoms with Gasteiger partial charge in [-0.2, -0.15) is 5.10 Å². The van der Waals surface area contributed by atoms with Crippen LogP contribution in [-0.4, -0.2) is 27.5 Å². The molecule has 23 heavy (non-hydrogen) atoms. The molecule has 1 N–H and O–H groups in total. The second-order valence-electron chi connectivity index (χ2n) is 8.78. The van der Waals surface area contributed by atoms with E-state index in [1.54, 1.807) is 0 Å². The van der Waals surface area contributed by atoms with Gasteiger partial charge < -0.3 is 9.30 Å². The number of aromatic amines is 1. The van der Waals surface area contributed by atoms with Gasteiger partial charge in [-0.3, -0.25) is 5.10 Å². The van der Waals surface area contributed by atoms with Crippen LogP contribution in [0.1, 0.15) is 57.2 Å². The molecule has 0 radical (unpaired) electrons. The number of hydrogen-bond acceptors (Lipinski definition) is 3. The third-order valence-electron chi connectivity index (χ3n) is 6.95. The molecule has 0 aromatic carbocycles. The van der Waals surface area contributed by atoms with E-state index in [-0.39, 0.29) is 0 Å². The highest BCUT2D eigenvalue weighted by molar-refractivity contribution is 7.71. The zero-order chi connectivity index (χ0) is 15.4. The van der Waals surface area contributed by atoms with Crippen molar-refractivity contribution in [2.24, 2.45) is 23.2 Å². The van der Waals surface area contributed by atoms with E-state index < -0.39 is 0 Å². The largest absolute Gasteiger partial charge is 0.376 e. The van der Waals surface area contributed by atoms with Crippen LogP contribution in [0.3, 0.4) is 0 Å². The Bertz CT molecular complexity index is 608. The van der Waals surface area contributed by atoms with Crippen molar-refractivity contribution in [1.29, 1.82) is 0 Å². The van der Waals surface area contributed by atoms with Gasteiger partial charge in [0.2, 0.25) is 0 Å². The number of nitrogens with one attached hydrogen (secondary N) is 1. The molecule has 4 bridgehead atoms. The van der Waals surface area contributed by atoms with Crippen molar-refractivity contribution in [3.63, 3.8) is 0 Å². The Balaban J connectivity index is 1.39. The molecule has 0 amide bonds. The van der Waals surface area contributed by atoms with Gasteiger partial charge >= 0.3 is 0 Å². The monoisotopic (exact) mass is 333 g/mol. The van der Waals surface area contributed by atoms with E-state index in [4.69, 9.17) is 17.0 Å². The molecule has 4 aliphatic carbocycles. The molecule has 1 aromatic rings. The van der Waals surface area contributed by atoms with Crippen molar-refractivity contribution >= 4 is 12.2 Å². The first-order valence-electron chi connectivity index (χ1n) is 9.45. The predicted octanol–water partition coefficient (Wildman–Crippen LogP) is 3.88. The lowest BCUT2D eigenvalue weighted by Gasteiger charge is -2.56. The topological polar surface area (TPSA) is 42.8 Å². The van der Waals surface area contributed by atoms with Crippen molar-refractivity contribution in [3.05, 3.63) is 10.6 Å². The molecule has 1 atom stereocenters. The van der Waals surface area contributed by atoms with Crippen molar-refractivity contribution in [2.75, 3.05) is 6.61 Å². The summed E-state index contributed by atoms with van der Waals surface area (Å²) in [5.74, 6) is 4.17. The van der Waals surface area contributed by atoms with E-state index >= 15 is 0 Å². The van der Waals surface area contributed by atoms with Crippen LogP contribution >= 0.6 is 12.2 Å². The highest BCUT2D eigenvalue weighted by atomic mass is 32.1. The Labute approximate surface area is 143 Å². The molecule has 4 saturated carbocycles. The molecule has 1 aliphatic heterocycles. The van der Waals surface area contributed by atoms with Gasteiger partial charge in [-0.1, -0.05) is 0 Å². The van der Waals surface area contributed by atoms with Gasteiger partial charge in [-0.05, 0) is 86.8 Å². The highest BCUT2D eigenvalue weighted by Crippen LogP contribution is 2.60. The average Bonchev–Trinajstić information content (AvgIpc) is 3.11. The van der Waals surface area contributed by atoms with Gasteiger partial charge in [0.15, 0.2) is 4.77 Å². The first-order chi connectivity index (χ1) is 11.2. The second-order valence-corrected chi connectivity index (χ2v) is 9.17. The molecular weight excluding hydrogens is 306 g/mol. The molecule has 4 nitrogen and oxygen atoms in total. The Kier molecular flexibility index (Phi) is 3.45. The summed E-state index contributed by atoms with van der Waals surface area (Å²) in [6.07, 6.45) is 12.6. The summed E-state index contributed by atoms with van der Waals surface area (Å²) in [5, 5.41) is 7.68. The Morgan fingerprint density at radius 2 is 1.87 bits per heavy atom. The van der Waals surface area contributed by atoms with Gasteiger partial charge in [-0.25, -0.2) is 0 Å². The van der Waals surface area contributed by atoms with Crippen LogP contribution in [0.25, 0.3) is 0 Å². The fourth-order valence-electron chi connectivity index (χ4n) is 6.51. The third-order valence-corrected chi connectivity index (χ3v) is 7.26. The number of rotatable bonds is 4. The van der Waals surface area contributed by atoms with Crippen LogP contribution in [0.2, 0.25) is 0 Å². The Morgan fingerprint density at radius 1 is 1.17 bits per heavy atom. The molecule has 1 saturated heterocycles. The van der Waals surface area contributed by atoms with Crippen LogP contribution in [-0.2, 0) is 17.7 Å². The lowest BCUT2D eigenvalue weighted by molar-refractivity contribution is -0.0537. The van der Waals surface area contributed by atoms with E-state index in [1.807, 2.05) is 0 Å². The molecule has 0 spiro atoms. The van der Waals surface area contributed by atoms with Gasteiger partial charge in [-0.15, -0.1) is 0 Å². The second kappa shape index (κ2) is 5.41. The minimum Gasteiger partial charge on any atom is -0.376 e. The van der Waals surface area contributed by atoms with E-state index in [1.165, 1.54) is 50.8 Å². The summed E-state index contributed by atoms with van der Waals surface area (Å²) in [4.78, 5) is 0. The molecule has 5 aliphatic rings. The Morgan fingerprint density at radius 3 is 2.48 bits per heavy atom. The summed E-state index contributed by atoms with van der Waals surface area (Å²) >= 11 is 5.51. The summed E-state index contributed by atoms with van der Waals surface area (Å²) < 4.78 is 8.84. The summed E-state index contributed by atoms with van der Waals surface area (Å²) in [7, 11) is 0. The van der Waals surface area contributed by atoms with E-state index in [2.05, 4.69) is 14.8 Å². The van der Waals surface area contributed by atoms with Crippen LogP contribution in [0.15, 0.2) is 0 Å². The fraction of sp³-hybridized carbons (Fsp3) is 0.889. The van der Waals surface area contributed by atoms with E-state index in [0.717, 1.165) is 48.5 Å². The maximum absolute atomic E-state index is 5.82. The molecular formula is C18H27N3OS. The van der Waals surface area contributed by atoms with Gasteiger partial charge in [0.1, 0.15) is 5.82 Å². The third kappa shape index (κ3) is 2.60. The number of aromatic nitrogens is 3. The summed E-state index contributed by atoms with van der Waals surface area (Å²) in [6.45, 7) is 1.79. The van der Waals surface area contributed by atoms with Crippen molar-refractivity contribution in [2.45, 2.75) is 70.4 Å². The van der Waals surface area contributed by atoms with Crippen molar-refractivity contribution in [3.8, 4) is 0 Å². The molecule has 1 aromatic heterocycles. The first kappa shape index (κ1) is 14.6. The molecule has 6 rings (SSSR count). The maximum Gasteiger partial charge on any atom is 0.195 e. The SMILES string of the molecule is S=c1[nH]nc(CC23CC4CC(CC(C4)C2)C3)n1C[C@H]1CCCO1. The van der Waals surface area contributed by atoms with Crippen LogP contribution < -0.4 is 0 Å².